The molecule has 0 saturated heterocycles. The van der Waals surface area contributed by atoms with E-state index in [0.29, 0.717) is 12.6 Å². The molecule has 1 N–H and O–H groups in total. The largest absolute Gasteiger partial charge is 0.359 e. The highest BCUT2D eigenvalue weighted by Gasteiger charge is 2.28. The summed E-state index contributed by atoms with van der Waals surface area (Å²) < 4.78 is 14.1. The van der Waals surface area contributed by atoms with E-state index < -0.39 is 5.82 Å². The fourth-order valence-electron chi connectivity index (χ4n) is 4.69. The maximum absolute atomic E-state index is 14.1. The molecule has 0 unspecified atom stereocenters. The van der Waals surface area contributed by atoms with Gasteiger partial charge in [-0.1, -0.05) is 37.5 Å². The van der Waals surface area contributed by atoms with Gasteiger partial charge in [0.25, 0.3) is 5.91 Å². The Morgan fingerprint density at radius 1 is 1.16 bits per heavy atom. The second-order valence-corrected chi connectivity index (χ2v) is 9.64. The van der Waals surface area contributed by atoms with Gasteiger partial charge in [-0.3, -0.25) is 4.79 Å². The van der Waals surface area contributed by atoms with Crippen molar-refractivity contribution in [1.82, 2.24) is 4.98 Å². The third kappa shape index (κ3) is 3.97. The van der Waals surface area contributed by atoms with E-state index in [9.17, 15) is 9.18 Å². The predicted octanol–water partition coefficient (Wildman–Crippen LogP) is 6.21. The zero-order valence-electron chi connectivity index (χ0n) is 17.7. The molecule has 2 aliphatic rings. The molecule has 0 radical (unpaired) electrons. The zero-order valence-corrected chi connectivity index (χ0v) is 18.5. The molecule has 0 atom stereocenters. The first kappa shape index (κ1) is 20.2. The van der Waals surface area contributed by atoms with Crippen molar-refractivity contribution in [3.8, 4) is 11.3 Å². The van der Waals surface area contributed by atoms with Crippen LogP contribution in [0.4, 0.5) is 15.2 Å². The van der Waals surface area contributed by atoms with Crippen molar-refractivity contribution in [2.45, 2.75) is 51.5 Å². The number of nitrogens with zero attached hydrogens (tertiary/aromatic N) is 2. The molecular formula is C25H26FN3OS. The molecule has 160 valence electrons. The van der Waals surface area contributed by atoms with Crippen LogP contribution in [0.2, 0.25) is 0 Å². The summed E-state index contributed by atoms with van der Waals surface area (Å²) in [6.45, 7) is 2.68. The molecule has 5 rings (SSSR count). The van der Waals surface area contributed by atoms with Crippen molar-refractivity contribution >= 4 is 28.1 Å². The summed E-state index contributed by atoms with van der Waals surface area (Å²) in [4.78, 5) is 20.7. The van der Waals surface area contributed by atoms with E-state index in [1.54, 1.807) is 34.4 Å². The number of hydrogen-bond acceptors (Lipinski definition) is 4. The van der Waals surface area contributed by atoms with Gasteiger partial charge in [-0.15, -0.1) is 11.3 Å². The molecule has 2 aromatic carbocycles. The molecule has 1 aromatic heterocycles. The van der Waals surface area contributed by atoms with E-state index in [-0.39, 0.29) is 11.5 Å². The Morgan fingerprint density at radius 3 is 2.77 bits per heavy atom. The second kappa shape index (κ2) is 8.42. The van der Waals surface area contributed by atoms with Gasteiger partial charge in [-0.25, -0.2) is 9.37 Å². The summed E-state index contributed by atoms with van der Waals surface area (Å²) in [5, 5.41) is 4.63. The average molecular weight is 436 g/mol. The number of carbonyl (C=O) groups excluding carboxylic acids is 1. The zero-order chi connectivity index (χ0) is 21.4. The number of thiazole rings is 1. The number of amides is 1. The van der Waals surface area contributed by atoms with Gasteiger partial charge < -0.3 is 10.2 Å². The van der Waals surface area contributed by atoms with Crippen LogP contribution in [-0.2, 0) is 6.42 Å². The molecule has 1 amide bonds. The summed E-state index contributed by atoms with van der Waals surface area (Å²) in [6.07, 6.45) is 7.13. The fraction of sp³-hybridized carbons (Fsp3) is 0.360. The van der Waals surface area contributed by atoms with Gasteiger partial charge in [0.1, 0.15) is 5.82 Å². The van der Waals surface area contributed by atoms with E-state index in [0.717, 1.165) is 34.1 Å². The van der Waals surface area contributed by atoms with Crippen molar-refractivity contribution in [3.05, 3.63) is 64.3 Å². The lowest BCUT2D eigenvalue weighted by atomic mass is 9.96. The standard InChI is InChI=1S/C25H26FN3OS/c1-16-23(28-25(31-16)27-19-7-3-2-4-8-19)18-11-12-22-17(15-18)13-14-29(22)24(30)20-9-5-6-10-21(20)26/h5-6,9-12,15,19H,2-4,7-8,13-14H2,1H3,(H,27,28). The number of fused-ring (bicyclic) bond motifs is 1. The quantitative estimate of drug-likeness (QED) is 0.530. The molecule has 0 spiro atoms. The second-order valence-electron chi connectivity index (χ2n) is 8.43. The number of benzene rings is 2. The molecule has 6 heteroatoms. The topological polar surface area (TPSA) is 45.2 Å². The molecular weight excluding hydrogens is 409 g/mol. The van der Waals surface area contributed by atoms with Crippen molar-refractivity contribution in [2.24, 2.45) is 0 Å². The van der Waals surface area contributed by atoms with Crippen LogP contribution in [0.1, 0.15) is 52.9 Å². The Labute approximate surface area is 186 Å². The van der Waals surface area contributed by atoms with Crippen LogP contribution in [-0.4, -0.2) is 23.5 Å². The van der Waals surface area contributed by atoms with Crippen LogP contribution < -0.4 is 10.2 Å². The summed E-state index contributed by atoms with van der Waals surface area (Å²) in [6, 6.07) is 12.8. The molecule has 1 aliphatic heterocycles. The predicted molar refractivity (Wildman–Crippen MR) is 125 cm³/mol. The Morgan fingerprint density at radius 2 is 1.97 bits per heavy atom. The number of hydrogen-bond donors (Lipinski definition) is 1. The summed E-state index contributed by atoms with van der Waals surface area (Å²) in [5.74, 6) is -0.762. The third-order valence-corrected chi connectivity index (χ3v) is 7.23. The van der Waals surface area contributed by atoms with Gasteiger partial charge in [0.05, 0.1) is 11.3 Å². The number of nitrogens with one attached hydrogen (secondary N) is 1. The molecule has 1 aliphatic carbocycles. The Kier molecular flexibility index (Phi) is 5.48. The van der Waals surface area contributed by atoms with Gasteiger partial charge in [0, 0.05) is 28.7 Å². The number of aryl methyl sites for hydroxylation is 1. The normalized spacial score (nSPS) is 16.4. The van der Waals surface area contributed by atoms with Gasteiger partial charge in [-0.2, -0.15) is 0 Å². The van der Waals surface area contributed by atoms with E-state index in [1.165, 1.54) is 43.0 Å². The minimum Gasteiger partial charge on any atom is -0.359 e. The van der Waals surface area contributed by atoms with Crippen LogP contribution in [0.5, 0.6) is 0 Å². The first-order valence-electron chi connectivity index (χ1n) is 11.0. The maximum Gasteiger partial charge on any atom is 0.261 e. The lowest BCUT2D eigenvalue weighted by molar-refractivity contribution is 0.0985. The Balaban J connectivity index is 1.38. The molecule has 3 aromatic rings. The number of halogens is 1. The molecule has 0 bridgehead atoms. The third-order valence-electron chi connectivity index (χ3n) is 6.33. The lowest BCUT2D eigenvalue weighted by Gasteiger charge is -2.22. The highest BCUT2D eigenvalue weighted by molar-refractivity contribution is 7.16. The molecule has 31 heavy (non-hydrogen) atoms. The van der Waals surface area contributed by atoms with Crippen LogP contribution in [0.25, 0.3) is 11.3 Å². The van der Waals surface area contributed by atoms with Gasteiger partial charge in [0.15, 0.2) is 5.13 Å². The van der Waals surface area contributed by atoms with Crippen molar-refractivity contribution in [2.75, 3.05) is 16.8 Å². The number of carbonyl (C=O) groups is 1. The summed E-state index contributed by atoms with van der Waals surface area (Å²) in [5.41, 5.74) is 4.17. The van der Waals surface area contributed by atoms with Crippen LogP contribution in [0, 0.1) is 12.7 Å². The van der Waals surface area contributed by atoms with Crippen LogP contribution in [0.15, 0.2) is 42.5 Å². The van der Waals surface area contributed by atoms with E-state index >= 15 is 0 Å². The highest BCUT2D eigenvalue weighted by atomic mass is 32.1. The monoisotopic (exact) mass is 435 g/mol. The van der Waals surface area contributed by atoms with Crippen LogP contribution in [0.3, 0.4) is 0 Å². The smallest absolute Gasteiger partial charge is 0.261 e. The van der Waals surface area contributed by atoms with Gasteiger partial charge in [0.2, 0.25) is 0 Å². The van der Waals surface area contributed by atoms with Gasteiger partial charge >= 0.3 is 0 Å². The molecule has 1 saturated carbocycles. The molecule has 2 heterocycles. The highest BCUT2D eigenvalue weighted by Crippen LogP contribution is 2.37. The van der Waals surface area contributed by atoms with E-state index in [4.69, 9.17) is 4.98 Å². The SMILES string of the molecule is Cc1sc(NC2CCCCC2)nc1-c1ccc2c(c1)CCN2C(=O)c1ccccc1F. The number of anilines is 2. The molecule has 1 fully saturated rings. The summed E-state index contributed by atoms with van der Waals surface area (Å²) in [7, 11) is 0. The molecule has 4 nitrogen and oxygen atoms in total. The van der Waals surface area contributed by atoms with Crippen molar-refractivity contribution < 1.29 is 9.18 Å². The minimum atomic E-state index is -0.478. The van der Waals surface area contributed by atoms with E-state index in [1.807, 2.05) is 12.1 Å². The van der Waals surface area contributed by atoms with Crippen LogP contribution >= 0.6 is 11.3 Å². The minimum absolute atomic E-state index is 0.119. The number of aromatic nitrogens is 1. The van der Waals surface area contributed by atoms with E-state index in [2.05, 4.69) is 18.3 Å². The number of rotatable bonds is 4. The van der Waals surface area contributed by atoms with Crippen molar-refractivity contribution in [3.63, 3.8) is 0 Å². The summed E-state index contributed by atoms with van der Waals surface area (Å²) >= 11 is 1.71. The lowest BCUT2D eigenvalue weighted by Crippen LogP contribution is -2.29. The maximum atomic E-state index is 14.1. The van der Waals surface area contributed by atoms with Gasteiger partial charge in [-0.05, 0) is 56.0 Å². The average Bonchev–Trinajstić information content (AvgIpc) is 3.37. The first-order chi connectivity index (χ1) is 15.1. The van der Waals surface area contributed by atoms with Crippen molar-refractivity contribution in [1.29, 1.82) is 0 Å². The fourth-order valence-corrected chi connectivity index (χ4v) is 5.60. The Hall–Kier alpha value is -2.73. The first-order valence-corrected chi connectivity index (χ1v) is 11.9. The Bertz CT molecular complexity index is 1120.